The Kier molecular flexibility index (Phi) is 5.84. The van der Waals surface area contributed by atoms with Gasteiger partial charge in [0.2, 0.25) is 0 Å². The smallest absolute Gasteiger partial charge is 0.321 e. The highest BCUT2D eigenvalue weighted by atomic mass is 16.5. The summed E-state index contributed by atoms with van der Waals surface area (Å²) in [5.74, 6) is 1.66. The lowest BCUT2D eigenvalue weighted by Crippen LogP contribution is -2.50. The van der Waals surface area contributed by atoms with Gasteiger partial charge in [-0.25, -0.2) is 4.79 Å². The molecule has 1 aliphatic rings. The van der Waals surface area contributed by atoms with Crippen LogP contribution in [0.2, 0.25) is 0 Å². The Morgan fingerprint density at radius 3 is 2.38 bits per heavy atom. The molecule has 0 saturated carbocycles. The van der Waals surface area contributed by atoms with Gasteiger partial charge >= 0.3 is 6.03 Å². The normalized spacial score (nSPS) is 14.1. The Balaban J connectivity index is 1.57. The lowest BCUT2D eigenvalue weighted by Gasteiger charge is -2.36. The van der Waals surface area contributed by atoms with Crippen molar-refractivity contribution in [1.82, 2.24) is 4.90 Å². The molecule has 0 atom stereocenters. The van der Waals surface area contributed by atoms with Crippen molar-refractivity contribution < 1.29 is 14.3 Å². The molecule has 0 unspecified atom stereocenters. The quantitative estimate of drug-likeness (QED) is 0.893. The van der Waals surface area contributed by atoms with E-state index in [1.807, 2.05) is 54.3 Å². The maximum atomic E-state index is 12.5. The van der Waals surface area contributed by atoms with E-state index in [0.717, 1.165) is 36.0 Å². The molecule has 1 saturated heterocycles. The first-order chi connectivity index (χ1) is 12.7. The maximum absolute atomic E-state index is 12.5. The molecule has 0 aromatic heterocycles. The van der Waals surface area contributed by atoms with Crippen LogP contribution in [0.25, 0.3) is 0 Å². The largest absolute Gasteiger partial charge is 0.497 e. The number of carbonyl (C=O) groups excluding carboxylic acids is 1. The Labute approximate surface area is 154 Å². The Morgan fingerprint density at radius 2 is 1.73 bits per heavy atom. The van der Waals surface area contributed by atoms with Crippen LogP contribution >= 0.6 is 0 Å². The first-order valence-electron chi connectivity index (χ1n) is 8.88. The molecular weight excluding hydrogens is 330 g/mol. The third kappa shape index (κ3) is 4.20. The van der Waals surface area contributed by atoms with Crippen molar-refractivity contribution in [2.45, 2.75) is 6.92 Å². The van der Waals surface area contributed by atoms with Crippen LogP contribution in [0, 0.1) is 0 Å². The number of anilines is 2. The van der Waals surface area contributed by atoms with Gasteiger partial charge in [0.25, 0.3) is 0 Å². The van der Waals surface area contributed by atoms with Gasteiger partial charge in [-0.1, -0.05) is 12.1 Å². The number of rotatable bonds is 5. The molecule has 2 aromatic rings. The number of carbonyl (C=O) groups is 1. The van der Waals surface area contributed by atoms with Crippen LogP contribution < -0.4 is 19.7 Å². The van der Waals surface area contributed by atoms with E-state index >= 15 is 0 Å². The molecule has 0 radical (unpaired) electrons. The number of piperazine rings is 1. The number of nitrogens with zero attached hydrogens (tertiary/aromatic N) is 2. The molecule has 1 aliphatic heterocycles. The lowest BCUT2D eigenvalue weighted by molar-refractivity contribution is 0.208. The summed E-state index contributed by atoms with van der Waals surface area (Å²) in [4.78, 5) is 16.6. The number of hydrogen-bond acceptors (Lipinski definition) is 4. The highest BCUT2D eigenvalue weighted by Gasteiger charge is 2.23. The summed E-state index contributed by atoms with van der Waals surface area (Å²) in [5.41, 5.74) is 1.85. The summed E-state index contributed by atoms with van der Waals surface area (Å²) in [6.07, 6.45) is 0. The van der Waals surface area contributed by atoms with Gasteiger partial charge in [-0.05, 0) is 43.3 Å². The van der Waals surface area contributed by atoms with Gasteiger partial charge in [0.1, 0.15) is 11.5 Å². The third-order valence-corrected chi connectivity index (χ3v) is 4.41. The first kappa shape index (κ1) is 17.9. The molecule has 138 valence electrons. The topological polar surface area (TPSA) is 54.0 Å². The predicted octanol–water partition coefficient (Wildman–Crippen LogP) is 3.45. The second kappa shape index (κ2) is 8.47. The van der Waals surface area contributed by atoms with Crippen LogP contribution in [0.15, 0.2) is 48.5 Å². The molecule has 1 fully saturated rings. The maximum Gasteiger partial charge on any atom is 0.321 e. The van der Waals surface area contributed by atoms with Crippen molar-refractivity contribution in [3.8, 4) is 11.5 Å². The van der Waals surface area contributed by atoms with Crippen molar-refractivity contribution >= 4 is 17.4 Å². The molecule has 2 aromatic carbocycles. The number of methoxy groups -OCH3 is 1. The first-order valence-corrected chi connectivity index (χ1v) is 8.88. The molecule has 0 bridgehead atoms. The van der Waals surface area contributed by atoms with Crippen molar-refractivity contribution in [2.75, 3.05) is 50.1 Å². The number of benzene rings is 2. The van der Waals surface area contributed by atoms with Gasteiger partial charge < -0.3 is 24.6 Å². The molecular formula is C20H25N3O3. The lowest BCUT2D eigenvalue weighted by atomic mass is 10.2. The highest BCUT2D eigenvalue weighted by molar-refractivity contribution is 5.89. The fraction of sp³-hybridized carbons (Fsp3) is 0.350. The zero-order valence-electron chi connectivity index (χ0n) is 15.3. The minimum Gasteiger partial charge on any atom is -0.497 e. The van der Waals surface area contributed by atoms with Crippen molar-refractivity contribution in [2.24, 2.45) is 0 Å². The van der Waals surface area contributed by atoms with E-state index in [4.69, 9.17) is 9.47 Å². The van der Waals surface area contributed by atoms with Crippen LogP contribution in [0.4, 0.5) is 16.2 Å². The van der Waals surface area contributed by atoms with Crippen LogP contribution in [-0.2, 0) is 0 Å². The number of amides is 2. The van der Waals surface area contributed by atoms with Gasteiger partial charge in [0.05, 0.1) is 19.4 Å². The minimum atomic E-state index is -0.0760. The number of para-hydroxylation sites is 2. The van der Waals surface area contributed by atoms with E-state index in [0.29, 0.717) is 19.7 Å². The van der Waals surface area contributed by atoms with Crippen LogP contribution in [0.1, 0.15) is 6.92 Å². The SMILES string of the molecule is CCOc1ccccc1N1CCN(C(=O)Nc2ccc(OC)cc2)CC1. The van der Waals surface area contributed by atoms with Crippen molar-refractivity contribution in [3.63, 3.8) is 0 Å². The standard InChI is InChI=1S/C20H25N3O3/c1-3-26-19-7-5-4-6-18(19)22-12-14-23(15-13-22)20(24)21-16-8-10-17(25-2)11-9-16/h4-11H,3,12-15H2,1-2H3,(H,21,24). The average molecular weight is 355 g/mol. The van der Waals surface area contributed by atoms with E-state index in [2.05, 4.69) is 16.3 Å². The zero-order valence-corrected chi connectivity index (χ0v) is 15.3. The Bertz CT molecular complexity index is 725. The third-order valence-electron chi connectivity index (χ3n) is 4.41. The summed E-state index contributed by atoms with van der Waals surface area (Å²) >= 11 is 0. The number of ether oxygens (including phenoxy) is 2. The van der Waals surface area contributed by atoms with Crippen molar-refractivity contribution in [3.05, 3.63) is 48.5 Å². The van der Waals surface area contributed by atoms with Gasteiger partial charge in [-0.3, -0.25) is 0 Å². The molecule has 2 amide bonds. The number of nitrogens with one attached hydrogen (secondary N) is 1. The van der Waals surface area contributed by atoms with Gasteiger partial charge in [0.15, 0.2) is 0 Å². The van der Waals surface area contributed by atoms with E-state index < -0.39 is 0 Å². The fourth-order valence-electron chi connectivity index (χ4n) is 3.02. The van der Waals surface area contributed by atoms with E-state index in [1.165, 1.54) is 0 Å². The van der Waals surface area contributed by atoms with Crippen LogP contribution in [-0.4, -0.2) is 50.8 Å². The molecule has 1 heterocycles. The zero-order chi connectivity index (χ0) is 18.4. The Morgan fingerprint density at radius 1 is 1.04 bits per heavy atom. The van der Waals surface area contributed by atoms with Crippen molar-refractivity contribution in [1.29, 1.82) is 0 Å². The monoisotopic (exact) mass is 355 g/mol. The van der Waals surface area contributed by atoms with Crippen LogP contribution in [0.5, 0.6) is 11.5 Å². The minimum absolute atomic E-state index is 0.0760. The molecule has 0 aliphatic carbocycles. The fourth-order valence-corrected chi connectivity index (χ4v) is 3.02. The summed E-state index contributed by atoms with van der Waals surface area (Å²) in [7, 11) is 1.62. The Hall–Kier alpha value is -2.89. The van der Waals surface area contributed by atoms with E-state index in [9.17, 15) is 4.79 Å². The van der Waals surface area contributed by atoms with E-state index in [1.54, 1.807) is 7.11 Å². The molecule has 0 spiro atoms. The summed E-state index contributed by atoms with van der Waals surface area (Å²) in [6, 6.07) is 15.3. The van der Waals surface area contributed by atoms with Crippen LogP contribution in [0.3, 0.4) is 0 Å². The molecule has 3 rings (SSSR count). The predicted molar refractivity (Wildman–Crippen MR) is 103 cm³/mol. The average Bonchev–Trinajstić information content (AvgIpc) is 2.69. The summed E-state index contributed by atoms with van der Waals surface area (Å²) in [6.45, 7) is 5.52. The van der Waals surface area contributed by atoms with Gasteiger partial charge in [-0.2, -0.15) is 0 Å². The summed E-state index contributed by atoms with van der Waals surface area (Å²) in [5, 5.41) is 2.94. The molecule has 6 nitrogen and oxygen atoms in total. The second-order valence-electron chi connectivity index (χ2n) is 6.03. The second-order valence-corrected chi connectivity index (χ2v) is 6.03. The summed E-state index contributed by atoms with van der Waals surface area (Å²) < 4.78 is 10.8. The molecule has 26 heavy (non-hydrogen) atoms. The number of urea groups is 1. The molecule has 1 N–H and O–H groups in total. The number of hydrogen-bond donors (Lipinski definition) is 1. The highest BCUT2D eigenvalue weighted by Crippen LogP contribution is 2.28. The van der Waals surface area contributed by atoms with E-state index in [-0.39, 0.29) is 6.03 Å². The molecule has 6 heteroatoms. The van der Waals surface area contributed by atoms with Gasteiger partial charge in [-0.15, -0.1) is 0 Å². The van der Waals surface area contributed by atoms with Gasteiger partial charge in [0, 0.05) is 31.9 Å².